The smallest absolute Gasteiger partial charge is 0.0948 e. The number of nitrogens with zero attached hydrogens (tertiary/aromatic N) is 2. The van der Waals surface area contributed by atoms with Crippen LogP contribution in [0.25, 0.3) is 0 Å². The average Bonchev–Trinajstić information content (AvgIpc) is 2.30. The third-order valence-corrected chi connectivity index (χ3v) is 2.92. The molecule has 0 aliphatic carbocycles. The summed E-state index contributed by atoms with van der Waals surface area (Å²) in [4.78, 5) is 8.29. The molecule has 0 aliphatic rings. The zero-order chi connectivity index (χ0) is 11.6. The molecule has 86 valence electrons. The summed E-state index contributed by atoms with van der Waals surface area (Å²) in [6.07, 6.45) is 4.96. The van der Waals surface area contributed by atoms with Crippen LogP contribution in [0.5, 0.6) is 0 Å². The molecule has 0 saturated heterocycles. The highest BCUT2D eigenvalue weighted by Gasteiger charge is 1.87. The quantitative estimate of drug-likeness (QED) is 0.412. The van der Waals surface area contributed by atoms with Crippen molar-refractivity contribution in [1.29, 1.82) is 0 Å². The van der Waals surface area contributed by atoms with Gasteiger partial charge in [-0.2, -0.15) is 4.99 Å². The second kappa shape index (κ2) is 8.48. The monoisotopic (exact) mass is 328 g/mol. The first-order chi connectivity index (χ1) is 7.83. The molecule has 0 aromatic heterocycles. The van der Waals surface area contributed by atoms with Crippen LogP contribution in [-0.4, -0.2) is 12.6 Å². The van der Waals surface area contributed by atoms with Gasteiger partial charge in [-0.15, -0.1) is 0 Å². The van der Waals surface area contributed by atoms with Gasteiger partial charge >= 0.3 is 0 Å². The normalized spacial score (nSPS) is 9.62. The molecule has 0 N–H and O–H groups in total. The van der Waals surface area contributed by atoms with Gasteiger partial charge in [0.15, 0.2) is 0 Å². The summed E-state index contributed by atoms with van der Waals surface area (Å²) in [6, 6.07) is 10.8. The summed E-state index contributed by atoms with van der Waals surface area (Å²) in [7, 11) is 0. The van der Waals surface area contributed by atoms with Crippen molar-refractivity contribution in [2.24, 2.45) is 9.98 Å². The zero-order valence-corrected chi connectivity index (χ0v) is 11.8. The van der Waals surface area contributed by atoms with Gasteiger partial charge in [-0.1, -0.05) is 26.2 Å². The van der Waals surface area contributed by atoms with E-state index in [1.807, 2.05) is 24.3 Å². The first-order valence-corrected chi connectivity index (χ1v) is 6.78. The van der Waals surface area contributed by atoms with Gasteiger partial charge in [-0.05, 0) is 53.3 Å². The number of hydrogen-bond donors (Lipinski definition) is 0. The summed E-state index contributed by atoms with van der Waals surface area (Å²) < 4.78 is 1.22. The standard InChI is InChI=1S/C13H17IN2/c1-2-3-4-5-10-15-11-16-13-8-6-12(14)7-9-13/h6-9H,2-5,10H2,1H3. The van der Waals surface area contributed by atoms with Gasteiger partial charge in [0.2, 0.25) is 0 Å². The molecule has 0 aliphatic heterocycles. The van der Waals surface area contributed by atoms with Crippen LogP contribution in [0.1, 0.15) is 32.6 Å². The van der Waals surface area contributed by atoms with E-state index >= 15 is 0 Å². The van der Waals surface area contributed by atoms with Crippen molar-refractivity contribution in [1.82, 2.24) is 0 Å². The van der Waals surface area contributed by atoms with E-state index in [4.69, 9.17) is 0 Å². The molecular formula is C13H17IN2. The van der Waals surface area contributed by atoms with E-state index in [9.17, 15) is 0 Å². The van der Waals surface area contributed by atoms with Crippen LogP contribution in [0.4, 0.5) is 5.69 Å². The van der Waals surface area contributed by atoms with Crippen LogP contribution in [0, 0.1) is 3.57 Å². The van der Waals surface area contributed by atoms with E-state index < -0.39 is 0 Å². The van der Waals surface area contributed by atoms with Crippen LogP contribution < -0.4 is 0 Å². The predicted octanol–water partition coefficient (Wildman–Crippen LogP) is 4.68. The van der Waals surface area contributed by atoms with Crippen molar-refractivity contribution in [3.63, 3.8) is 0 Å². The summed E-state index contributed by atoms with van der Waals surface area (Å²) in [5.74, 6) is 0. The Hall–Kier alpha value is -0.670. The third-order valence-electron chi connectivity index (χ3n) is 2.20. The molecule has 16 heavy (non-hydrogen) atoms. The summed E-state index contributed by atoms with van der Waals surface area (Å²) in [6.45, 7) is 3.05. The van der Waals surface area contributed by atoms with Crippen molar-refractivity contribution in [3.05, 3.63) is 27.8 Å². The lowest BCUT2D eigenvalue weighted by Gasteiger charge is -1.92. The number of aliphatic imine (C=N–C) groups is 2. The first kappa shape index (κ1) is 13.4. The van der Waals surface area contributed by atoms with Gasteiger partial charge in [-0.25, -0.2) is 4.99 Å². The molecule has 1 aromatic rings. The molecule has 2 nitrogen and oxygen atoms in total. The van der Waals surface area contributed by atoms with Crippen molar-refractivity contribution in [2.75, 3.05) is 6.54 Å². The minimum Gasteiger partial charge on any atom is -0.225 e. The maximum Gasteiger partial charge on any atom is 0.0948 e. The molecular weight excluding hydrogens is 311 g/mol. The molecule has 1 rings (SSSR count). The average molecular weight is 328 g/mol. The Balaban J connectivity index is 2.30. The minimum atomic E-state index is 0.841. The van der Waals surface area contributed by atoms with Gasteiger partial charge in [-0.3, -0.25) is 0 Å². The molecule has 0 amide bonds. The molecule has 0 unspecified atom stereocenters. The molecule has 0 fully saturated rings. The topological polar surface area (TPSA) is 24.7 Å². The van der Waals surface area contributed by atoms with Gasteiger partial charge < -0.3 is 0 Å². The molecule has 0 radical (unpaired) electrons. The Morgan fingerprint density at radius 2 is 1.88 bits per heavy atom. The summed E-state index contributed by atoms with van der Waals surface area (Å²) >= 11 is 2.27. The van der Waals surface area contributed by atoms with E-state index in [1.54, 1.807) is 0 Å². The number of unbranched alkanes of at least 4 members (excludes halogenated alkanes) is 3. The van der Waals surface area contributed by atoms with Gasteiger partial charge in [0.25, 0.3) is 0 Å². The van der Waals surface area contributed by atoms with Crippen LogP contribution in [-0.2, 0) is 0 Å². The van der Waals surface area contributed by atoms with E-state index in [2.05, 4.69) is 45.5 Å². The van der Waals surface area contributed by atoms with Crippen LogP contribution >= 0.6 is 22.6 Å². The van der Waals surface area contributed by atoms with Crippen molar-refractivity contribution in [2.45, 2.75) is 32.6 Å². The van der Waals surface area contributed by atoms with Crippen molar-refractivity contribution < 1.29 is 0 Å². The highest BCUT2D eigenvalue weighted by molar-refractivity contribution is 14.1. The molecule has 1 aromatic carbocycles. The molecule has 0 bridgehead atoms. The Labute approximate surface area is 111 Å². The van der Waals surface area contributed by atoms with Crippen LogP contribution in [0.3, 0.4) is 0 Å². The Morgan fingerprint density at radius 1 is 1.12 bits per heavy atom. The number of rotatable bonds is 6. The maximum atomic E-state index is 4.15. The lowest BCUT2D eigenvalue weighted by Crippen LogP contribution is -1.80. The van der Waals surface area contributed by atoms with Crippen molar-refractivity contribution in [3.8, 4) is 0 Å². The second-order valence-corrected chi connectivity index (χ2v) is 4.88. The molecule has 0 atom stereocenters. The summed E-state index contributed by atoms with van der Waals surface area (Å²) in [5, 5.41) is 0. The number of hydrogen-bond acceptors (Lipinski definition) is 2. The second-order valence-electron chi connectivity index (χ2n) is 3.63. The fourth-order valence-corrected chi connectivity index (χ4v) is 1.64. The fraction of sp³-hybridized carbons (Fsp3) is 0.462. The Morgan fingerprint density at radius 3 is 2.56 bits per heavy atom. The SMILES string of the molecule is CCCCCCN=C=Nc1ccc(I)cc1. The summed E-state index contributed by atoms with van der Waals surface area (Å²) in [5.41, 5.74) is 0.915. The number of benzene rings is 1. The highest BCUT2D eigenvalue weighted by Crippen LogP contribution is 2.13. The molecule has 3 heteroatoms. The van der Waals surface area contributed by atoms with Gasteiger partial charge in [0.05, 0.1) is 11.7 Å². The van der Waals surface area contributed by atoms with Crippen LogP contribution in [0.2, 0.25) is 0 Å². The van der Waals surface area contributed by atoms with Crippen LogP contribution in [0.15, 0.2) is 34.3 Å². The largest absolute Gasteiger partial charge is 0.225 e. The van der Waals surface area contributed by atoms with E-state index in [-0.39, 0.29) is 0 Å². The molecule has 0 heterocycles. The first-order valence-electron chi connectivity index (χ1n) is 5.70. The zero-order valence-electron chi connectivity index (χ0n) is 9.62. The lowest BCUT2D eigenvalue weighted by atomic mass is 10.2. The third kappa shape index (κ3) is 6.03. The molecule has 0 spiro atoms. The van der Waals surface area contributed by atoms with E-state index in [0.717, 1.165) is 18.7 Å². The highest BCUT2D eigenvalue weighted by atomic mass is 127. The fourth-order valence-electron chi connectivity index (χ4n) is 1.28. The molecule has 0 saturated carbocycles. The van der Waals surface area contributed by atoms with E-state index in [1.165, 1.54) is 22.8 Å². The predicted molar refractivity (Wildman–Crippen MR) is 77.7 cm³/mol. The van der Waals surface area contributed by atoms with Gasteiger partial charge in [0.1, 0.15) is 0 Å². The maximum absolute atomic E-state index is 4.15. The lowest BCUT2D eigenvalue weighted by molar-refractivity contribution is 0.676. The Kier molecular flexibility index (Phi) is 7.10. The Bertz CT molecular complexity index is 351. The number of halogens is 1. The van der Waals surface area contributed by atoms with E-state index in [0.29, 0.717) is 0 Å². The van der Waals surface area contributed by atoms with Gasteiger partial charge in [0, 0.05) is 10.1 Å². The van der Waals surface area contributed by atoms with Crippen molar-refractivity contribution >= 4 is 34.3 Å². The minimum absolute atomic E-state index is 0.841.